The number of benzene rings is 1. The van der Waals surface area contributed by atoms with Crippen molar-refractivity contribution in [3.63, 3.8) is 0 Å². The van der Waals surface area contributed by atoms with Crippen molar-refractivity contribution in [2.24, 2.45) is 10.9 Å². The molecule has 0 bridgehead atoms. The maximum absolute atomic E-state index is 13.3. The van der Waals surface area contributed by atoms with E-state index >= 15 is 0 Å². The van der Waals surface area contributed by atoms with E-state index in [0.29, 0.717) is 43.5 Å². The normalized spacial score (nSPS) is 15.0. The van der Waals surface area contributed by atoms with E-state index in [2.05, 4.69) is 20.9 Å². The number of amides is 1. The molecule has 1 saturated carbocycles. The first kappa shape index (κ1) is 23.7. The first-order valence-corrected chi connectivity index (χ1v) is 9.54. The van der Waals surface area contributed by atoms with E-state index in [-0.39, 0.29) is 35.7 Å². The Bertz CT molecular complexity index is 618. The molecule has 1 aliphatic carbocycles. The molecule has 152 valence electrons. The van der Waals surface area contributed by atoms with E-state index in [1.165, 1.54) is 38.2 Å². The van der Waals surface area contributed by atoms with Gasteiger partial charge >= 0.3 is 0 Å². The average molecular weight is 490 g/mol. The molecule has 0 atom stereocenters. The van der Waals surface area contributed by atoms with Crippen LogP contribution in [0, 0.1) is 18.7 Å². The van der Waals surface area contributed by atoms with Gasteiger partial charge < -0.3 is 16.0 Å². The van der Waals surface area contributed by atoms with E-state index in [9.17, 15) is 9.18 Å². The van der Waals surface area contributed by atoms with E-state index < -0.39 is 0 Å². The summed E-state index contributed by atoms with van der Waals surface area (Å²) in [7, 11) is 1.70. The number of nitrogens with one attached hydrogen (secondary N) is 3. The topological polar surface area (TPSA) is 65.5 Å². The zero-order chi connectivity index (χ0) is 18.8. The Labute approximate surface area is 179 Å². The molecule has 2 rings (SSSR count). The van der Waals surface area contributed by atoms with E-state index in [1.54, 1.807) is 20.0 Å². The van der Waals surface area contributed by atoms with Crippen LogP contribution in [-0.2, 0) is 11.3 Å². The molecular weight excluding hydrogens is 458 g/mol. The lowest BCUT2D eigenvalue weighted by Gasteiger charge is -2.20. The van der Waals surface area contributed by atoms with Gasteiger partial charge in [-0.15, -0.1) is 24.0 Å². The third-order valence-electron chi connectivity index (χ3n) is 4.84. The van der Waals surface area contributed by atoms with Crippen molar-refractivity contribution in [3.05, 3.63) is 35.1 Å². The third kappa shape index (κ3) is 8.90. The molecule has 1 aromatic carbocycles. The Balaban J connectivity index is 0.00000364. The molecule has 27 heavy (non-hydrogen) atoms. The van der Waals surface area contributed by atoms with Crippen LogP contribution in [0.2, 0.25) is 0 Å². The molecule has 1 aliphatic rings. The number of halogens is 2. The van der Waals surface area contributed by atoms with Crippen LogP contribution in [0.25, 0.3) is 0 Å². The summed E-state index contributed by atoms with van der Waals surface area (Å²) < 4.78 is 13.3. The lowest BCUT2D eigenvalue weighted by molar-refractivity contribution is -0.122. The Morgan fingerprint density at radius 3 is 2.52 bits per heavy atom. The number of guanidine groups is 1. The molecule has 0 aliphatic heterocycles. The Kier molecular flexibility index (Phi) is 11.3. The van der Waals surface area contributed by atoms with Crippen molar-refractivity contribution >= 4 is 35.8 Å². The first-order valence-electron chi connectivity index (χ1n) is 9.54. The van der Waals surface area contributed by atoms with Gasteiger partial charge in [0.25, 0.3) is 0 Å². The van der Waals surface area contributed by atoms with Crippen LogP contribution >= 0.6 is 24.0 Å². The highest BCUT2D eigenvalue weighted by Crippen LogP contribution is 2.25. The second kappa shape index (κ2) is 12.9. The smallest absolute Gasteiger partial charge is 0.220 e. The fraction of sp³-hybridized carbons (Fsp3) is 0.600. The second-order valence-electron chi connectivity index (χ2n) is 6.99. The Morgan fingerprint density at radius 2 is 1.85 bits per heavy atom. The number of hydrogen-bond donors (Lipinski definition) is 3. The van der Waals surface area contributed by atoms with Gasteiger partial charge in [0.1, 0.15) is 5.82 Å². The molecule has 1 amide bonds. The van der Waals surface area contributed by atoms with Crippen molar-refractivity contribution in [3.8, 4) is 0 Å². The minimum atomic E-state index is -0.194. The van der Waals surface area contributed by atoms with E-state index in [4.69, 9.17) is 0 Å². The van der Waals surface area contributed by atoms with Gasteiger partial charge in [-0.2, -0.15) is 0 Å². The maximum Gasteiger partial charge on any atom is 0.220 e. The monoisotopic (exact) mass is 490 g/mol. The third-order valence-corrected chi connectivity index (χ3v) is 4.84. The summed E-state index contributed by atoms with van der Waals surface area (Å²) in [5.74, 6) is 1.17. The lowest BCUT2D eigenvalue weighted by Crippen LogP contribution is -2.41. The minimum Gasteiger partial charge on any atom is -0.355 e. The van der Waals surface area contributed by atoms with Gasteiger partial charge in [-0.25, -0.2) is 4.39 Å². The van der Waals surface area contributed by atoms with Crippen molar-refractivity contribution < 1.29 is 9.18 Å². The fourth-order valence-corrected chi connectivity index (χ4v) is 3.33. The van der Waals surface area contributed by atoms with Gasteiger partial charge in [0.15, 0.2) is 5.96 Å². The Hall–Kier alpha value is -1.38. The van der Waals surface area contributed by atoms with Gasteiger partial charge in [0, 0.05) is 33.1 Å². The van der Waals surface area contributed by atoms with Crippen LogP contribution in [0.4, 0.5) is 4.39 Å². The van der Waals surface area contributed by atoms with Crippen LogP contribution in [-0.4, -0.2) is 32.0 Å². The number of nitrogens with zero attached hydrogens (tertiary/aromatic N) is 1. The molecule has 7 heteroatoms. The quantitative estimate of drug-likeness (QED) is 0.237. The van der Waals surface area contributed by atoms with E-state index in [1.807, 2.05) is 6.07 Å². The van der Waals surface area contributed by atoms with Crippen LogP contribution < -0.4 is 16.0 Å². The SMILES string of the molecule is CN=C(NCCNC(=O)CC1CCCCC1)NCc1ccc(F)c(C)c1.I. The molecule has 1 aromatic rings. The van der Waals surface area contributed by atoms with Crippen molar-refractivity contribution in [2.45, 2.75) is 52.0 Å². The van der Waals surface area contributed by atoms with Gasteiger partial charge in [-0.05, 0) is 42.9 Å². The summed E-state index contributed by atoms with van der Waals surface area (Å²) in [6.45, 7) is 3.50. The zero-order valence-corrected chi connectivity index (χ0v) is 18.6. The molecule has 0 radical (unpaired) electrons. The van der Waals surface area contributed by atoms with Gasteiger partial charge in [-0.3, -0.25) is 9.79 Å². The fourth-order valence-electron chi connectivity index (χ4n) is 3.33. The molecule has 0 aromatic heterocycles. The Morgan fingerprint density at radius 1 is 1.15 bits per heavy atom. The van der Waals surface area contributed by atoms with Gasteiger partial charge in [0.05, 0.1) is 0 Å². The molecule has 0 unspecified atom stereocenters. The molecule has 0 spiro atoms. The molecule has 5 nitrogen and oxygen atoms in total. The van der Waals surface area contributed by atoms with Gasteiger partial charge in [0.2, 0.25) is 5.91 Å². The average Bonchev–Trinajstić information content (AvgIpc) is 2.64. The largest absolute Gasteiger partial charge is 0.355 e. The lowest BCUT2D eigenvalue weighted by atomic mass is 9.87. The number of aryl methyl sites for hydroxylation is 1. The number of rotatable bonds is 7. The molecule has 1 fully saturated rings. The maximum atomic E-state index is 13.3. The predicted octanol–water partition coefficient (Wildman–Crippen LogP) is 3.50. The molecule has 0 saturated heterocycles. The second-order valence-corrected chi connectivity index (χ2v) is 6.99. The van der Waals surface area contributed by atoms with Crippen LogP contribution in [0.3, 0.4) is 0 Å². The van der Waals surface area contributed by atoms with Crippen LogP contribution in [0.15, 0.2) is 23.2 Å². The highest BCUT2D eigenvalue weighted by Gasteiger charge is 2.16. The summed E-state index contributed by atoms with van der Waals surface area (Å²) in [5, 5.41) is 9.34. The predicted molar refractivity (Wildman–Crippen MR) is 119 cm³/mol. The standard InChI is InChI=1S/C20H31FN4O.HI/c1-15-12-17(8-9-18(15)21)14-25-20(22-2)24-11-10-23-19(26)13-16-6-4-3-5-7-16;/h8-9,12,16H,3-7,10-11,13-14H2,1-2H3,(H,23,26)(H2,22,24,25);1H. The van der Waals surface area contributed by atoms with Crippen molar-refractivity contribution in [2.75, 3.05) is 20.1 Å². The minimum absolute atomic E-state index is 0. The summed E-state index contributed by atoms with van der Waals surface area (Å²) in [6, 6.07) is 5.06. The summed E-state index contributed by atoms with van der Waals surface area (Å²) in [4.78, 5) is 16.1. The number of carbonyl (C=O) groups excluding carboxylic acids is 1. The highest BCUT2D eigenvalue weighted by atomic mass is 127. The molecular formula is C20H32FIN4O. The molecule has 0 heterocycles. The van der Waals surface area contributed by atoms with Crippen LogP contribution in [0.5, 0.6) is 0 Å². The summed E-state index contributed by atoms with van der Waals surface area (Å²) in [5.41, 5.74) is 1.63. The molecule has 3 N–H and O–H groups in total. The zero-order valence-electron chi connectivity index (χ0n) is 16.3. The van der Waals surface area contributed by atoms with Crippen molar-refractivity contribution in [1.82, 2.24) is 16.0 Å². The van der Waals surface area contributed by atoms with Crippen molar-refractivity contribution in [1.29, 1.82) is 0 Å². The van der Waals surface area contributed by atoms with Gasteiger partial charge in [-0.1, -0.05) is 31.4 Å². The summed E-state index contributed by atoms with van der Waals surface area (Å²) in [6.07, 6.45) is 6.85. The summed E-state index contributed by atoms with van der Waals surface area (Å²) >= 11 is 0. The highest BCUT2D eigenvalue weighted by molar-refractivity contribution is 14.0. The first-order chi connectivity index (χ1) is 12.6. The number of aliphatic imine (C=N–C) groups is 1. The van der Waals surface area contributed by atoms with E-state index in [0.717, 1.165) is 5.56 Å². The number of carbonyl (C=O) groups is 1. The van der Waals surface area contributed by atoms with Crippen LogP contribution in [0.1, 0.15) is 49.7 Å². The number of hydrogen-bond acceptors (Lipinski definition) is 2.